The van der Waals surface area contributed by atoms with Gasteiger partial charge in [0.25, 0.3) is 5.91 Å². The van der Waals surface area contributed by atoms with Crippen LogP contribution in [0.1, 0.15) is 77.6 Å². The Labute approximate surface area is 136 Å². The van der Waals surface area contributed by atoms with Gasteiger partial charge in [-0.1, -0.05) is 45.4 Å². The van der Waals surface area contributed by atoms with Gasteiger partial charge in [0.15, 0.2) is 5.78 Å². The molecule has 1 aliphatic carbocycles. The molecule has 0 heterocycles. The Kier molecular flexibility index (Phi) is 8.34. The molecular formula is C17H27F2NO3. The number of hydrogen-bond acceptors (Lipinski definition) is 3. The maximum absolute atomic E-state index is 13.8. The van der Waals surface area contributed by atoms with Crippen molar-refractivity contribution in [3.8, 4) is 0 Å². The molecule has 0 aromatic carbocycles. The standard InChI is InChI=1S/C17H27F2NO3/c1-2-3-4-5-6-7-8-12-15(22)17(18,19)16(23)20-13-10-9-11-14(13)21/h13H,2-12H2,1H3,(H,20,23)/t13-/m0/s1. The normalized spacial score (nSPS) is 18.2. The molecule has 1 amide bonds. The minimum absolute atomic E-state index is 0.242. The Morgan fingerprint density at radius 2 is 1.74 bits per heavy atom. The Morgan fingerprint density at radius 3 is 2.30 bits per heavy atom. The lowest BCUT2D eigenvalue weighted by molar-refractivity contribution is -0.159. The van der Waals surface area contributed by atoms with Gasteiger partial charge in [-0.2, -0.15) is 8.78 Å². The topological polar surface area (TPSA) is 63.2 Å². The average Bonchev–Trinajstić information content (AvgIpc) is 2.91. The van der Waals surface area contributed by atoms with Gasteiger partial charge in [-0.05, 0) is 19.3 Å². The summed E-state index contributed by atoms with van der Waals surface area (Å²) in [6.45, 7) is 2.12. The second kappa shape index (κ2) is 9.73. The number of rotatable bonds is 11. The lowest BCUT2D eigenvalue weighted by Crippen LogP contribution is -2.50. The number of unbranched alkanes of at least 4 members (excludes halogenated alkanes) is 6. The third-order valence-corrected chi connectivity index (χ3v) is 4.25. The van der Waals surface area contributed by atoms with Gasteiger partial charge in [0.2, 0.25) is 5.78 Å². The first-order chi connectivity index (χ1) is 10.9. The van der Waals surface area contributed by atoms with Gasteiger partial charge in [0.05, 0.1) is 6.04 Å². The van der Waals surface area contributed by atoms with Crippen LogP contribution < -0.4 is 5.32 Å². The molecule has 0 bridgehead atoms. The molecule has 1 aliphatic rings. The van der Waals surface area contributed by atoms with Crippen LogP contribution in [-0.4, -0.2) is 29.4 Å². The molecule has 1 atom stereocenters. The van der Waals surface area contributed by atoms with Gasteiger partial charge in [0.1, 0.15) is 0 Å². The molecule has 0 spiro atoms. The van der Waals surface area contributed by atoms with Crippen LogP contribution in [0.2, 0.25) is 0 Å². The largest absolute Gasteiger partial charge is 0.381 e. The maximum atomic E-state index is 13.8. The van der Waals surface area contributed by atoms with E-state index in [9.17, 15) is 23.2 Å². The minimum atomic E-state index is -4.04. The van der Waals surface area contributed by atoms with E-state index in [1.807, 2.05) is 5.32 Å². The van der Waals surface area contributed by atoms with Crippen molar-refractivity contribution in [3.05, 3.63) is 0 Å². The molecule has 23 heavy (non-hydrogen) atoms. The summed E-state index contributed by atoms with van der Waals surface area (Å²) in [4.78, 5) is 34.6. The highest BCUT2D eigenvalue weighted by molar-refractivity contribution is 6.08. The molecule has 4 nitrogen and oxygen atoms in total. The van der Waals surface area contributed by atoms with E-state index in [0.29, 0.717) is 32.1 Å². The second-order valence-electron chi connectivity index (χ2n) is 6.25. The summed E-state index contributed by atoms with van der Waals surface area (Å²) in [5, 5.41) is 2.02. The van der Waals surface area contributed by atoms with Crippen LogP contribution in [0.25, 0.3) is 0 Å². The first-order valence-electron chi connectivity index (χ1n) is 8.64. The molecule has 1 N–H and O–H groups in total. The summed E-state index contributed by atoms with van der Waals surface area (Å²) in [7, 11) is 0. The fraction of sp³-hybridized carbons (Fsp3) is 0.824. The summed E-state index contributed by atoms with van der Waals surface area (Å²) < 4.78 is 27.6. The van der Waals surface area contributed by atoms with Crippen LogP contribution in [0, 0.1) is 0 Å². The predicted octanol–water partition coefficient (Wildman–Crippen LogP) is 3.57. The smallest absolute Gasteiger partial charge is 0.341 e. The van der Waals surface area contributed by atoms with E-state index in [1.165, 1.54) is 0 Å². The number of Topliss-reactive ketones (excluding diaryl/α,β-unsaturated/α-hetero) is 2. The molecule has 1 fully saturated rings. The second-order valence-corrected chi connectivity index (χ2v) is 6.25. The summed E-state index contributed by atoms with van der Waals surface area (Å²) in [5.74, 6) is -7.26. The van der Waals surface area contributed by atoms with Crippen molar-refractivity contribution < 1.29 is 23.2 Å². The molecule has 132 valence electrons. The number of halogens is 2. The summed E-state index contributed by atoms with van der Waals surface area (Å²) in [6.07, 6.45) is 7.43. The Morgan fingerprint density at radius 1 is 1.13 bits per heavy atom. The number of carbonyl (C=O) groups is 3. The van der Waals surface area contributed by atoms with Crippen LogP contribution in [0.4, 0.5) is 8.78 Å². The zero-order valence-corrected chi connectivity index (χ0v) is 13.8. The predicted molar refractivity (Wildman–Crippen MR) is 83.4 cm³/mol. The van der Waals surface area contributed by atoms with Crippen molar-refractivity contribution in [2.45, 2.75) is 89.5 Å². The van der Waals surface area contributed by atoms with Crippen LogP contribution in [-0.2, 0) is 14.4 Å². The Bertz CT molecular complexity index is 424. The van der Waals surface area contributed by atoms with Gasteiger partial charge in [-0.25, -0.2) is 0 Å². The number of alkyl halides is 2. The third kappa shape index (κ3) is 6.36. The highest BCUT2D eigenvalue weighted by Crippen LogP contribution is 2.22. The molecule has 0 saturated heterocycles. The first-order valence-corrected chi connectivity index (χ1v) is 8.64. The minimum Gasteiger partial charge on any atom is -0.341 e. The maximum Gasteiger partial charge on any atom is 0.381 e. The van der Waals surface area contributed by atoms with Gasteiger partial charge < -0.3 is 5.32 Å². The van der Waals surface area contributed by atoms with Crippen LogP contribution in [0.5, 0.6) is 0 Å². The van der Waals surface area contributed by atoms with Crippen molar-refractivity contribution in [3.63, 3.8) is 0 Å². The molecule has 1 rings (SSSR count). The van der Waals surface area contributed by atoms with E-state index in [-0.39, 0.29) is 12.2 Å². The van der Waals surface area contributed by atoms with E-state index in [2.05, 4.69) is 6.92 Å². The Hall–Kier alpha value is -1.33. The van der Waals surface area contributed by atoms with Crippen molar-refractivity contribution >= 4 is 17.5 Å². The molecule has 6 heteroatoms. The fourth-order valence-corrected chi connectivity index (χ4v) is 2.74. The van der Waals surface area contributed by atoms with Crippen molar-refractivity contribution in [2.24, 2.45) is 0 Å². The summed E-state index contributed by atoms with van der Waals surface area (Å²) in [6, 6.07) is -0.861. The lowest BCUT2D eigenvalue weighted by Gasteiger charge is -2.17. The Balaban J connectivity index is 2.29. The van der Waals surface area contributed by atoms with Crippen molar-refractivity contribution in [1.29, 1.82) is 0 Å². The number of hydrogen-bond donors (Lipinski definition) is 1. The van der Waals surface area contributed by atoms with Gasteiger partial charge in [-0.15, -0.1) is 0 Å². The summed E-state index contributed by atoms with van der Waals surface area (Å²) in [5.41, 5.74) is 0. The van der Waals surface area contributed by atoms with Gasteiger partial charge in [-0.3, -0.25) is 14.4 Å². The van der Waals surface area contributed by atoms with Crippen LogP contribution >= 0.6 is 0 Å². The van der Waals surface area contributed by atoms with E-state index >= 15 is 0 Å². The molecule has 0 aromatic heterocycles. The lowest BCUT2D eigenvalue weighted by atomic mass is 10.0. The molecule has 0 aromatic rings. The monoisotopic (exact) mass is 331 g/mol. The highest BCUT2D eigenvalue weighted by atomic mass is 19.3. The van der Waals surface area contributed by atoms with E-state index in [0.717, 1.165) is 32.1 Å². The van der Waals surface area contributed by atoms with Gasteiger partial charge in [0, 0.05) is 12.8 Å². The summed E-state index contributed by atoms with van der Waals surface area (Å²) >= 11 is 0. The first kappa shape index (κ1) is 19.7. The number of carbonyl (C=O) groups excluding carboxylic acids is 3. The van der Waals surface area contributed by atoms with Crippen molar-refractivity contribution in [1.82, 2.24) is 5.32 Å². The molecule has 0 aliphatic heterocycles. The van der Waals surface area contributed by atoms with E-state index < -0.39 is 23.7 Å². The number of amides is 1. The van der Waals surface area contributed by atoms with Crippen LogP contribution in [0.15, 0.2) is 0 Å². The molecule has 0 unspecified atom stereocenters. The average molecular weight is 331 g/mol. The van der Waals surface area contributed by atoms with E-state index in [1.54, 1.807) is 0 Å². The zero-order chi connectivity index (χ0) is 17.3. The molecular weight excluding hydrogens is 304 g/mol. The fourth-order valence-electron chi connectivity index (χ4n) is 2.74. The van der Waals surface area contributed by atoms with E-state index in [4.69, 9.17) is 0 Å². The van der Waals surface area contributed by atoms with Crippen molar-refractivity contribution in [2.75, 3.05) is 0 Å². The number of ketones is 2. The quantitative estimate of drug-likeness (QED) is 0.465. The molecule has 1 saturated carbocycles. The zero-order valence-electron chi connectivity index (χ0n) is 13.8. The third-order valence-electron chi connectivity index (χ3n) is 4.25. The van der Waals surface area contributed by atoms with Gasteiger partial charge >= 0.3 is 5.92 Å². The van der Waals surface area contributed by atoms with Crippen LogP contribution in [0.3, 0.4) is 0 Å². The molecule has 0 radical (unpaired) electrons. The number of nitrogens with one attached hydrogen (secondary N) is 1. The highest BCUT2D eigenvalue weighted by Gasteiger charge is 2.47. The SMILES string of the molecule is CCCCCCCCCC(=O)C(F)(F)C(=O)N[C@H]1CCCC1=O.